The van der Waals surface area contributed by atoms with Crippen LogP contribution in [-0.2, 0) is 17.8 Å². The Morgan fingerprint density at radius 2 is 1.83 bits per heavy atom. The molecule has 1 heterocycles. The minimum atomic E-state index is 0.186. The number of H-pyrrole nitrogens is 1. The van der Waals surface area contributed by atoms with Gasteiger partial charge in [0.1, 0.15) is 0 Å². The average Bonchev–Trinajstić information content (AvgIpc) is 3.00. The molecule has 0 atom stereocenters. The predicted molar refractivity (Wildman–Crippen MR) is 102 cm³/mol. The second-order valence-electron chi connectivity index (χ2n) is 6.05. The minimum absolute atomic E-state index is 0.186. The van der Waals surface area contributed by atoms with Crippen LogP contribution in [0.25, 0.3) is 10.9 Å². The standard InChI is InChI=1S/C20H21BrN2O/c1-23(14-16-7-2-4-10-18(16)21)20(24)12-6-8-15-13-22-19-11-5-3-9-17(15)19/h2-5,7,9-11,13,22H,6,8,12,14H2,1H3. The van der Waals surface area contributed by atoms with Gasteiger partial charge in [-0.25, -0.2) is 0 Å². The fraction of sp³-hybridized carbons (Fsp3) is 0.250. The Bertz CT molecular complexity index is 840. The summed E-state index contributed by atoms with van der Waals surface area (Å²) in [6, 6.07) is 16.3. The molecule has 3 nitrogen and oxygen atoms in total. The lowest BCUT2D eigenvalue weighted by Gasteiger charge is -2.18. The zero-order valence-electron chi connectivity index (χ0n) is 13.8. The third-order valence-corrected chi connectivity index (χ3v) is 5.08. The normalized spacial score (nSPS) is 10.9. The average molecular weight is 385 g/mol. The van der Waals surface area contributed by atoms with E-state index in [0.717, 1.165) is 28.4 Å². The van der Waals surface area contributed by atoms with E-state index in [1.807, 2.05) is 37.4 Å². The van der Waals surface area contributed by atoms with Crippen LogP contribution in [0, 0.1) is 0 Å². The maximum Gasteiger partial charge on any atom is 0.222 e. The highest BCUT2D eigenvalue weighted by Crippen LogP contribution is 2.20. The summed E-state index contributed by atoms with van der Waals surface area (Å²) in [4.78, 5) is 17.4. The molecule has 4 heteroatoms. The van der Waals surface area contributed by atoms with Gasteiger partial charge in [-0.05, 0) is 36.1 Å². The largest absolute Gasteiger partial charge is 0.361 e. The molecule has 3 aromatic rings. The molecule has 124 valence electrons. The van der Waals surface area contributed by atoms with Crippen LogP contribution in [0.1, 0.15) is 24.0 Å². The van der Waals surface area contributed by atoms with Gasteiger partial charge < -0.3 is 9.88 Å². The maximum atomic E-state index is 12.4. The molecule has 0 spiro atoms. The van der Waals surface area contributed by atoms with E-state index in [-0.39, 0.29) is 5.91 Å². The number of nitrogens with one attached hydrogen (secondary N) is 1. The predicted octanol–water partition coefficient (Wildman–Crippen LogP) is 4.91. The molecule has 0 aliphatic rings. The lowest BCUT2D eigenvalue weighted by atomic mass is 10.1. The van der Waals surface area contributed by atoms with Gasteiger partial charge in [0.2, 0.25) is 5.91 Å². The number of rotatable bonds is 6. The summed E-state index contributed by atoms with van der Waals surface area (Å²) in [5.74, 6) is 0.186. The topological polar surface area (TPSA) is 36.1 Å². The van der Waals surface area contributed by atoms with E-state index in [2.05, 4.69) is 45.3 Å². The van der Waals surface area contributed by atoms with E-state index in [4.69, 9.17) is 0 Å². The van der Waals surface area contributed by atoms with Crippen molar-refractivity contribution in [2.45, 2.75) is 25.8 Å². The number of hydrogen-bond donors (Lipinski definition) is 1. The number of aromatic amines is 1. The highest BCUT2D eigenvalue weighted by atomic mass is 79.9. The molecule has 3 rings (SSSR count). The first-order valence-electron chi connectivity index (χ1n) is 8.17. The Hall–Kier alpha value is -2.07. The number of nitrogens with zero attached hydrogens (tertiary/aromatic N) is 1. The van der Waals surface area contributed by atoms with E-state index in [0.29, 0.717) is 13.0 Å². The number of para-hydroxylation sites is 1. The zero-order chi connectivity index (χ0) is 16.9. The number of benzene rings is 2. The quantitative estimate of drug-likeness (QED) is 0.643. The molecule has 0 fully saturated rings. The van der Waals surface area contributed by atoms with Crippen molar-refractivity contribution in [3.05, 3.63) is 70.3 Å². The first-order chi connectivity index (χ1) is 11.6. The van der Waals surface area contributed by atoms with Gasteiger partial charge in [0.05, 0.1) is 0 Å². The van der Waals surface area contributed by atoms with Crippen LogP contribution < -0.4 is 0 Å². The lowest BCUT2D eigenvalue weighted by Crippen LogP contribution is -2.26. The number of hydrogen-bond acceptors (Lipinski definition) is 1. The second-order valence-corrected chi connectivity index (χ2v) is 6.91. The van der Waals surface area contributed by atoms with Crippen molar-refractivity contribution in [1.82, 2.24) is 9.88 Å². The van der Waals surface area contributed by atoms with Gasteiger partial charge in [-0.1, -0.05) is 52.3 Å². The number of carbonyl (C=O) groups is 1. The minimum Gasteiger partial charge on any atom is -0.361 e. The van der Waals surface area contributed by atoms with Gasteiger partial charge in [-0.2, -0.15) is 0 Å². The van der Waals surface area contributed by atoms with Crippen LogP contribution >= 0.6 is 15.9 Å². The maximum absolute atomic E-state index is 12.4. The molecule has 2 aromatic carbocycles. The Balaban J connectivity index is 1.53. The molecule has 1 N–H and O–H groups in total. The van der Waals surface area contributed by atoms with Crippen molar-refractivity contribution in [3.8, 4) is 0 Å². The summed E-state index contributed by atoms with van der Waals surface area (Å²) in [5, 5.41) is 1.26. The summed E-state index contributed by atoms with van der Waals surface area (Å²) >= 11 is 3.53. The Morgan fingerprint density at radius 3 is 2.67 bits per heavy atom. The fourth-order valence-corrected chi connectivity index (χ4v) is 3.34. The van der Waals surface area contributed by atoms with Crippen molar-refractivity contribution >= 4 is 32.7 Å². The van der Waals surface area contributed by atoms with Crippen molar-refractivity contribution in [1.29, 1.82) is 0 Å². The van der Waals surface area contributed by atoms with Crippen molar-refractivity contribution in [2.75, 3.05) is 7.05 Å². The van der Waals surface area contributed by atoms with Crippen molar-refractivity contribution < 1.29 is 4.79 Å². The number of aromatic nitrogens is 1. The molecule has 0 saturated carbocycles. The third-order valence-electron chi connectivity index (χ3n) is 4.30. The molecular weight excluding hydrogens is 364 g/mol. The van der Waals surface area contributed by atoms with Crippen molar-refractivity contribution in [3.63, 3.8) is 0 Å². The van der Waals surface area contributed by atoms with Crippen LogP contribution in [0.3, 0.4) is 0 Å². The summed E-state index contributed by atoms with van der Waals surface area (Å²) in [5.41, 5.74) is 3.57. The number of halogens is 1. The van der Waals surface area contributed by atoms with Crippen LogP contribution in [0.5, 0.6) is 0 Å². The number of aryl methyl sites for hydroxylation is 1. The van der Waals surface area contributed by atoms with Crippen LogP contribution in [0.2, 0.25) is 0 Å². The van der Waals surface area contributed by atoms with E-state index in [1.54, 1.807) is 4.90 Å². The summed E-state index contributed by atoms with van der Waals surface area (Å²) in [6.45, 7) is 0.632. The Labute approximate surface area is 150 Å². The van der Waals surface area contributed by atoms with E-state index in [9.17, 15) is 4.79 Å². The Kier molecular flexibility index (Phi) is 5.36. The van der Waals surface area contributed by atoms with Crippen LogP contribution in [0.15, 0.2) is 59.2 Å². The zero-order valence-corrected chi connectivity index (χ0v) is 15.3. The first-order valence-corrected chi connectivity index (χ1v) is 8.97. The number of amides is 1. The molecule has 0 saturated heterocycles. The van der Waals surface area contributed by atoms with Crippen LogP contribution in [-0.4, -0.2) is 22.8 Å². The molecule has 0 aliphatic carbocycles. The van der Waals surface area contributed by atoms with Gasteiger partial charge in [0.15, 0.2) is 0 Å². The molecule has 1 amide bonds. The van der Waals surface area contributed by atoms with E-state index < -0.39 is 0 Å². The van der Waals surface area contributed by atoms with Gasteiger partial charge in [-0.15, -0.1) is 0 Å². The van der Waals surface area contributed by atoms with Gasteiger partial charge in [-0.3, -0.25) is 4.79 Å². The molecule has 0 bridgehead atoms. The smallest absolute Gasteiger partial charge is 0.222 e. The second kappa shape index (κ2) is 7.67. The molecule has 0 aliphatic heterocycles. The van der Waals surface area contributed by atoms with E-state index in [1.165, 1.54) is 10.9 Å². The summed E-state index contributed by atoms with van der Waals surface area (Å²) < 4.78 is 1.04. The molecule has 0 radical (unpaired) electrons. The van der Waals surface area contributed by atoms with Crippen molar-refractivity contribution in [2.24, 2.45) is 0 Å². The number of fused-ring (bicyclic) bond motifs is 1. The third kappa shape index (κ3) is 3.88. The summed E-state index contributed by atoms with van der Waals surface area (Å²) in [7, 11) is 1.87. The molecule has 1 aromatic heterocycles. The highest BCUT2D eigenvalue weighted by molar-refractivity contribution is 9.10. The van der Waals surface area contributed by atoms with Crippen LogP contribution in [0.4, 0.5) is 0 Å². The fourth-order valence-electron chi connectivity index (χ4n) is 2.93. The van der Waals surface area contributed by atoms with Gasteiger partial charge in [0, 0.05) is 41.6 Å². The highest BCUT2D eigenvalue weighted by Gasteiger charge is 2.11. The Morgan fingerprint density at radius 1 is 1.08 bits per heavy atom. The summed E-state index contributed by atoms with van der Waals surface area (Å²) in [6.07, 6.45) is 4.40. The monoisotopic (exact) mass is 384 g/mol. The molecule has 24 heavy (non-hydrogen) atoms. The van der Waals surface area contributed by atoms with Gasteiger partial charge >= 0.3 is 0 Å². The van der Waals surface area contributed by atoms with Gasteiger partial charge in [0.25, 0.3) is 0 Å². The SMILES string of the molecule is CN(Cc1ccccc1Br)C(=O)CCCc1c[nH]c2ccccc12. The van der Waals surface area contributed by atoms with E-state index >= 15 is 0 Å². The molecule has 0 unspecified atom stereocenters. The lowest BCUT2D eigenvalue weighted by molar-refractivity contribution is -0.130. The molecular formula is C20H21BrN2O. The number of carbonyl (C=O) groups excluding carboxylic acids is 1. The first kappa shape index (κ1) is 16.8.